The highest BCUT2D eigenvalue weighted by atomic mass is 32.2. The van der Waals surface area contributed by atoms with Gasteiger partial charge in [-0.05, 0) is 23.3 Å². The van der Waals surface area contributed by atoms with Crippen LogP contribution in [0.15, 0.2) is 107 Å². The largest absolute Gasteiger partial charge is 0.473 e. The summed E-state index contributed by atoms with van der Waals surface area (Å²) in [6.07, 6.45) is -0.654. The number of benzene rings is 3. The molecule has 29 heavy (non-hydrogen) atoms. The van der Waals surface area contributed by atoms with Gasteiger partial charge in [-0.2, -0.15) is 0 Å². The summed E-state index contributed by atoms with van der Waals surface area (Å²) in [7, 11) is -3.92. The van der Waals surface area contributed by atoms with Gasteiger partial charge in [0.25, 0.3) is 0 Å². The maximum atomic E-state index is 13.1. The van der Waals surface area contributed by atoms with Gasteiger partial charge in [-0.25, -0.2) is 13.2 Å². The van der Waals surface area contributed by atoms with Gasteiger partial charge in [0.1, 0.15) is 17.6 Å². The Balaban J connectivity index is 1.80. The van der Waals surface area contributed by atoms with Crippen LogP contribution in [0.4, 0.5) is 0 Å². The first-order valence-electron chi connectivity index (χ1n) is 9.04. The van der Waals surface area contributed by atoms with E-state index >= 15 is 0 Å². The molecule has 0 aromatic heterocycles. The summed E-state index contributed by atoms with van der Waals surface area (Å²) >= 11 is 0. The molecule has 0 atom stereocenters. The van der Waals surface area contributed by atoms with Crippen LogP contribution in [0.3, 0.4) is 0 Å². The smallest absolute Gasteiger partial charge is 0.375 e. The molecule has 0 saturated heterocycles. The lowest BCUT2D eigenvalue weighted by Gasteiger charge is -2.20. The molecule has 0 aliphatic carbocycles. The van der Waals surface area contributed by atoms with E-state index in [0.717, 1.165) is 11.1 Å². The van der Waals surface area contributed by atoms with E-state index in [-0.39, 0.29) is 22.2 Å². The van der Waals surface area contributed by atoms with E-state index in [2.05, 4.69) is 0 Å². The van der Waals surface area contributed by atoms with Crippen molar-refractivity contribution in [3.63, 3.8) is 0 Å². The Kier molecular flexibility index (Phi) is 5.18. The quantitative estimate of drug-likeness (QED) is 0.578. The molecular formula is C23H18O5S. The Labute approximate surface area is 169 Å². The van der Waals surface area contributed by atoms with Crippen molar-refractivity contribution < 1.29 is 22.7 Å². The third-order valence-electron chi connectivity index (χ3n) is 4.59. The highest BCUT2D eigenvalue weighted by Gasteiger charge is 2.38. The van der Waals surface area contributed by atoms with Crippen LogP contribution >= 0.6 is 0 Å². The van der Waals surface area contributed by atoms with E-state index in [0.29, 0.717) is 0 Å². The van der Waals surface area contributed by atoms with Crippen LogP contribution in [-0.2, 0) is 24.1 Å². The first-order chi connectivity index (χ1) is 14.1. The first-order valence-corrected chi connectivity index (χ1v) is 10.5. The molecule has 146 valence electrons. The molecule has 0 bridgehead atoms. The predicted molar refractivity (Wildman–Crippen MR) is 107 cm³/mol. The topological polar surface area (TPSA) is 69.7 Å². The van der Waals surface area contributed by atoms with E-state index in [1.165, 1.54) is 12.1 Å². The molecule has 0 amide bonds. The SMILES string of the molecule is O=C1OCC(S(=O)(=O)c2ccccc2)=C1OC(c1ccccc1)c1ccccc1. The molecule has 0 spiro atoms. The lowest BCUT2D eigenvalue weighted by Crippen LogP contribution is -2.13. The van der Waals surface area contributed by atoms with E-state index in [4.69, 9.17) is 9.47 Å². The van der Waals surface area contributed by atoms with Crippen LogP contribution in [0.1, 0.15) is 17.2 Å². The Morgan fingerprint density at radius 2 is 1.24 bits per heavy atom. The average molecular weight is 406 g/mol. The zero-order valence-corrected chi connectivity index (χ0v) is 16.2. The minimum absolute atomic E-state index is 0.0883. The summed E-state index contributed by atoms with van der Waals surface area (Å²) in [6.45, 7) is -0.346. The molecule has 5 nitrogen and oxygen atoms in total. The van der Waals surface area contributed by atoms with Gasteiger partial charge in [0, 0.05) is 0 Å². The van der Waals surface area contributed by atoms with Gasteiger partial charge in [0.05, 0.1) is 4.90 Å². The van der Waals surface area contributed by atoms with Gasteiger partial charge < -0.3 is 9.47 Å². The summed E-state index contributed by atoms with van der Waals surface area (Å²) < 4.78 is 37.2. The fraction of sp³-hybridized carbons (Fsp3) is 0.0870. The van der Waals surface area contributed by atoms with Crippen molar-refractivity contribution >= 4 is 15.8 Å². The Morgan fingerprint density at radius 3 is 1.76 bits per heavy atom. The first kappa shape index (κ1) is 19.0. The Bertz CT molecular complexity index is 1100. The van der Waals surface area contributed by atoms with Crippen molar-refractivity contribution in [3.8, 4) is 0 Å². The zero-order valence-electron chi connectivity index (χ0n) is 15.4. The molecule has 0 saturated carbocycles. The summed E-state index contributed by atoms with van der Waals surface area (Å²) in [5.74, 6) is -1.05. The van der Waals surface area contributed by atoms with Crippen LogP contribution in [-0.4, -0.2) is 21.0 Å². The molecule has 4 rings (SSSR count). The molecule has 1 aliphatic heterocycles. The molecule has 0 N–H and O–H groups in total. The number of carbonyl (C=O) groups is 1. The molecule has 1 aliphatic rings. The van der Waals surface area contributed by atoms with Gasteiger partial charge in [0.15, 0.2) is 0 Å². The Hall–Kier alpha value is -3.38. The lowest BCUT2D eigenvalue weighted by molar-refractivity contribution is -0.139. The van der Waals surface area contributed by atoms with Gasteiger partial charge in [-0.15, -0.1) is 0 Å². The number of rotatable bonds is 6. The normalized spacial score (nSPS) is 14.2. The van der Waals surface area contributed by atoms with Crippen molar-refractivity contribution in [2.75, 3.05) is 6.61 Å². The standard InChI is InChI=1S/C23H18O5S/c24-23-22(20(16-27-23)29(25,26)19-14-8-3-9-15-19)28-21(17-10-4-1-5-11-17)18-12-6-2-7-13-18/h1-15,21H,16H2. The average Bonchev–Trinajstić information content (AvgIpc) is 3.15. The summed E-state index contributed by atoms with van der Waals surface area (Å²) in [5.41, 5.74) is 1.59. The van der Waals surface area contributed by atoms with Crippen LogP contribution in [0.5, 0.6) is 0 Å². The number of carbonyl (C=O) groups excluding carboxylic acids is 1. The summed E-state index contributed by atoms with van der Waals surface area (Å²) in [5, 5.41) is 0. The summed E-state index contributed by atoms with van der Waals surface area (Å²) in [4.78, 5) is 12.3. The molecule has 3 aromatic rings. The number of cyclic esters (lactones) is 1. The van der Waals surface area contributed by atoms with Crippen LogP contribution < -0.4 is 0 Å². The molecule has 0 unspecified atom stereocenters. The second-order valence-corrected chi connectivity index (χ2v) is 8.44. The monoisotopic (exact) mass is 406 g/mol. The van der Waals surface area contributed by atoms with Gasteiger partial charge >= 0.3 is 5.97 Å². The van der Waals surface area contributed by atoms with E-state index < -0.39 is 21.9 Å². The number of hydrogen-bond acceptors (Lipinski definition) is 5. The van der Waals surface area contributed by atoms with Crippen molar-refractivity contribution in [3.05, 3.63) is 113 Å². The second kappa shape index (κ2) is 7.93. The van der Waals surface area contributed by atoms with E-state index in [1.807, 2.05) is 60.7 Å². The third-order valence-corrected chi connectivity index (χ3v) is 6.44. The fourth-order valence-corrected chi connectivity index (χ4v) is 4.52. The van der Waals surface area contributed by atoms with Gasteiger partial charge in [0.2, 0.25) is 15.6 Å². The van der Waals surface area contributed by atoms with E-state index in [1.54, 1.807) is 18.2 Å². The zero-order chi connectivity index (χ0) is 20.3. The predicted octanol–water partition coefficient (Wildman–Crippen LogP) is 4.03. The molecule has 0 radical (unpaired) electrons. The minimum atomic E-state index is -3.92. The van der Waals surface area contributed by atoms with Gasteiger partial charge in [-0.3, -0.25) is 0 Å². The van der Waals surface area contributed by atoms with Crippen LogP contribution in [0.2, 0.25) is 0 Å². The van der Waals surface area contributed by atoms with Crippen molar-refractivity contribution in [1.29, 1.82) is 0 Å². The summed E-state index contributed by atoms with van der Waals surface area (Å²) in [6, 6.07) is 26.6. The number of ether oxygens (including phenoxy) is 2. The minimum Gasteiger partial charge on any atom is -0.473 e. The third kappa shape index (κ3) is 3.79. The van der Waals surface area contributed by atoms with E-state index in [9.17, 15) is 13.2 Å². The highest BCUT2D eigenvalue weighted by Crippen LogP contribution is 2.34. The molecule has 0 fully saturated rings. The highest BCUT2D eigenvalue weighted by molar-refractivity contribution is 7.95. The second-order valence-electron chi connectivity index (χ2n) is 6.46. The lowest BCUT2D eigenvalue weighted by atomic mass is 10.0. The number of esters is 1. The van der Waals surface area contributed by atoms with Crippen LogP contribution in [0.25, 0.3) is 0 Å². The molecule has 6 heteroatoms. The van der Waals surface area contributed by atoms with Crippen LogP contribution in [0, 0.1) is 0 Å². The number of hydrogen-bond donors (Lipinski definition) is 0. The maximum absolute atomic E-state index is 13.1. The molecular weight excluding hydrogens is 388 g/mol. The van der Waals surface area contributed by atoms with Crippen molar-refractivity contribution in [2.24, 2.45) is 0 Å². The van der Waals surface area contributed by atoms with Gasteiger partial charge in [-0.1, -0.05) is 78.9 Å². The Morgan fingerprint density at radius 1 is 0.759 bits per heavy atom. The molecule has 3 aromatic carbocycles. The maximum Gasteiger partial charge on any atom is 0.375 e. The fourth-order valence-electron chi connectivity index (χ4n) is 3.13. The molecule has 1 heterocycles. The number of sulfone groups is 1. The van der Waals surface area contributed by atoms with Crippen molar-refractivity contribution in [1.82, 2.24) is 0 Å². The van der Waals surface area contributed by atoms with Crippen molar-refractivity contribution in [2.45, 2.75) is 11.0 Å².